The summed E-state index contributed by atoms with van der Waals surface area (Å²) in [6, 6.07) is 4.25. The predicted molar refractivity (Wildman–Crippen MR) is 102 cm³/mol. The average Bonchev–Trinajstić information content (AvgIpc) is 3.09. The average molecular weight is 406 g/mol. The van der Waals surface area contributed by atoms with Gasteiger partial charge in [-0.1, -0.05) is 23.8 Å². The number of carbonyl (C=O) groups excluding carboxylic acids is 3. The van der Waals surface area contributed by atoms with Crippen LogP contribution in [0, 0.1) is 6.92 Å². The summed E-state index contributed by atoms with van der Waals surface area (Å²) >= 11 is 1.30. The molecule has 0 aliphatic carbocycles. The summed E-state index contributed by atoms with van der Waals surface area (Å²) in [4.78, 5) is 39.9. The molecule has 9 nitrogen and oxygen atoms in total. The molecule has 0 radical (unpaired) electrons. The third-order valence-electron chi connectivity index (χ3n) is 3.60. The topological polar surface area (TPSA) is 123 Å². The van der Waals surface area contributed by atoms with Gasteiger partial charge >= 0.3 is 12.0 Å². The number of amides is 3. The Bertz CT molecular complexity index is 839. The summed E-state index contributed by atoms with van der Waals surface area (Å²) in [5.41, 5.74) is 0.948. The molecule has 0 aliphatic rings. The number of rotatable bonds is 8. The number of urea groups is 1. The second-order valence-electron chi connectivity index (χ2n) is 5.98. The minimum absolute atomic E-state index is 0.0705. The monoisotopic (exact) mass is 406 g/mol. The number of ether oxygens (including phenoxy) is 1. The molecule has 0 unspecified atom stereocenters. The lowest BCUT2D eigenvalue weighted by Crippen LogP contribution is -2.44. The van der Waals surface area contributed by atoms with Crippen LogP contribution < -0.4 is 10.6 Å². The molecule has 3 amide bonds. The molecule has 2 heterocycles. The molecule has 0 aromatic carbocycles. The maximum absolute atomic E-state index is 12.3. The zero-order chi connectivity index (χ0) is 20.5. The zero-order valence-electron chi connectivity index (χ0n) is 15.9. The summed E-state index contributed by atoms with van der Waals surface area (Å²) < 4.78 is 10.0. The number of nitrogens with zero attached hydrogens (tertiary/aromatic N) is 2. The number of carbonyl (C=O) groups is 3. The third kappa shape index (κ3) is 6.69. The minimum atomic E-state index is -0.717. The van der Waals surface area contributed by atoms with Crippen molar-refractivity contribution in [2.24, 2.45) is 0 Å². The molecule has 28 heavy (non-hydrogen) atoms. The van der Waals surface area contributed by atoms with Crippen molar-refractivity contribution in [1.82, 2.24) is 20.8 Å². The van der Waals surface area contributed by atoms with E-state index in [-0.39, 0.29) is 11.6 Å². The summed E-state index contributed by atoms with van der Waals surface area (Å²) in [5, 5.41) is 9.03. The van der Waals surface area contributed by atoms with Gasteiger partial charge in [0.2, 0.25) is 0 Å². The van der Waals surface area contributed by atoms with Crippen molar-refractivity contribution >= 4 is 29.7 Å². The lowest BCUT2D eigenvalue weighted by Gasteiger charge is -2.12. The highest BCUT2D eigenvalue weighted by Crippen LogP contribution is 2.24. The Hall–Kier alpha value is -2.88. The van der Waals surface area contributed by atoms with Gasteiger partial charge in [0.05, 0.1) is 11.3 Å². The lowest BCUT2D eigenvalue weighted by atomic mass is 10.3. The standard InChI is InChI=1S/C18H22N4O5S/c1-4-11(2)20-18(25)21-15(23)9-26-17(24)14-6-5-7-19-16(14)28-10-13-8-12(3)27-22-13/h5-8,11H,4,9-10H2,1-3H3,(H2,20,21,23,25)/t11-/m0/s1. The molecule has 0 spiro atoms. The van der Waals surface area contributed by atoms with Crippen molar-refractivity contribution in [2.45, 2.75) is 44.0 Å². The fraction of sp³-hybridized carbons (Fsp3) is 0.389. The van der Waals surface area contributed by atoms with Crippen molar-refractivity contribution in [3.63, 3.8) is 0 Å². The number of aromatic nitrogens is 2. The first kappa shape index (κ1) is 21.4. The van der Waals surface area contributed by atoms with E-state index in [1.807, 2.05) is 13.8 Å². The number of esters is 1. The van der Waals surface area contributed by atoms with Crippen molar-refractivity contribution in [1.29, 1.82) is 0 Å². The second-order valence-corrected chi connectivity index (χ2v) is 6.94. The van der Waals surface area contributed by atoms with Crippen LogP contribution in [0.3, 0.4) is 0 Å². The molecular weight excluding hydrogens is 384 g/mol. The van der Waals surface area contributed by atoms with Gasteiger partial charge in [-0.05, 0) is 32.4 Å². The largest absolute Gasteiger partial charge is 0.452 e. The number of thioether (sulfide) groups is 1. The lowest BCUT2D eigenvalue weighted by molar-refractivity contribution is -0.123. The number of imide groups is 1. The minimum Gasteiger partial charge on any atom is -0.452 e. The van der Waals surface area contributed by atoms with Crippen LogP contribution >= 0.6 is 11.8 Å². The summed E-state index contributed by atoms with van der Waals surface area (Å²) in [6.07, 6.45) is 2.28. The summed E-state index contributed by atoms with van der Waals surface area (Å²) in [5.74, 6) is -0.264. The van der Waals surface area contributed by atoms with E-state index in [0.717, 1.165) is 12.1 Å². The van der Waals surface area contributed by atoms with Gasteiger partial charge in [-0.3, -0.25) is 10.1 Å². The SMILES string of the molecule is CC[C@H](C)NC(=O)NC(=O)COC(=O)c1cccnc1SCc1cc(C)on1. The van der Waals surface area contributed by atoms with Crippen LogP contribution in [-0.2, 0) is 15.3 Å². The highest BCUT2D eigenvalue weighted by molar-refractivity contribution is 7.98. The molecule has 0 saturated carbocycles. The Kier molecular flexibility index (Phi) is 8.00. The Morgan fingerprint density at radius 1 is 1.36 bits per heavy atom. The number of nitrogens with one attached hydrogen (secondary N) is 2. The van der Waals surface area contributed by atoms with E-state index in [1.54, 1.807) is 31.3 Å². The third-order valence-corrected chi connectivity index (χ3v) is 4.64. The summed E-state index contributed by atoms with van der Waals surface area (Å²) in [6.45, 7) is 4.93. The number of pyridine rings is 1. The Morgan fingerprint density at radius 3 is 2.82 bits per heavy atom. The second kappa shape index (κ2) is 10.5. The Morgan fingerprint density at radius 2 is 2.14 bits per heavy atom. The van der Waals surface area contributed by atoms with Crippen molar-refractivity contribution in [3.8, 4) is 0 Å². The first-order valence-corrected chi connectivity index (χ1v) is 9.65. The Balaban J connectivity index is 1.88. The van der Waals surface area contributed by atoms with Crippen LogP contribution in [0.15, 0.2) is 33.9 Å². The molecule has 0 fully saturated rings. The van der Waals surface area contributed by atoms with Crippen LogP contribution in [0.2, 0.25) is 0 Å². The van der Waals surface area contributed by atoms with E-state index >= 15 is 0 Å². The van der Waals surface area contributed by atoms with E-state index in [9.17, 15) is 14.4 Å². The van der Waals surface area contributed by atoms with Gasteiger partial charge in [-0.15, -0.1) is 0 Å². The van der Waals surface area contributed by atoms with Crippen LogP contribution in [0.4, 0.5) is 4.79 Å². The highest BCUT2D eigenvalue weighted by atomic mass is 32.2. The number of hydrogen-bond acceptors (Lipinski definition) is 8. The number of hydrogen-bond donors (Lipinski definition) is 2. The highest BCUT2D eigenvalue weighted by Gasteiger charge is 2.17. The van der Waals surface area contributed by atoms with Gasteiger partial charge in [0.25, 0.3) is 5.91 Å². The van der Waals surface area contributed by atoms with E-state index < -0.39 is 24.5 Å². The molecule has 2 aromatic rings. The van der Waals surface area contributed by atoms with Crippen molar-refractivity contribution in [2.75, 3.05) is 6.61 Å². The molecular formula is C18H22N4O5S. The zero-order valence-corrected chi connectivity index (χ0v) is 16.7. The van der Waals surface area contributed by atoms with Gasteiger partial charge in [0, 0.05) is 24.1 Å². The maximum Gasteiger partial charge on any atom is 0.341 e. The normalized spacial score (nSPS) is 11.5. The molecule has 2 rings (SSSR count). The van der Waals surface area contributed by atoms with Crippen LogP contribution in [0.25, 0.3) is 0 Å². The van der Waals surface area contributed by atoms with Gasteiger partial charge in [-0.2, -0.15) is 0 Å². The first-order valence-electron chi connectivity index (χ1n) is 8.66. The quantitative estimate of drug-likeness (QED) is 0.506. The fourth-order valence-electron chi connectivity index (χ4n) is 2.02. The van der Waals surface area contributed by atoms with Gasteiger partial charge in [-0.25, -0.2) is 14.6 Å². The first-order chi connectivity index (χ1) is 13.4. The van der Waals surface area contributed by atoms with E-state index in [0.29, 0.717) is 16.5 Å². The van der Waals surface area contributed by atoms with E-state index in [4.69, 9.17) is 9.26 Å². The van der Waals surface area contributed by atoms with Crippen LogP contribution in [0.5, 0.6) is 0 Å². The van der Waals surface area contributed by atoms with Gasteiger partial charge in [0.1, 0.15) is 10.8 Å². The fourth-order valence-corrected chi connectivity index (χ4v) is 2.89. The van der Waals surface area contributed by atoms with Crippen LogP contribution in [0.1, 0.15) is 42.1 Å². The smallest absolute Gasteiger partial charge is 0.341 e. The van der Waals surface area contributed by atoms with Gasteiger partial charge in [0.15, 0.2) is 6.61 Å². The molecule has 2 N–H and O–H groups in total. The van der Waals surface area contributed by atoms with E-state index in [1.165, 1.54) is 11.8 Å². The molecule has 0 saturated heterocycles. The molecule has 0 aliphatic heterocycles. The predicted octanol–water partition coefficient (Wildman–Crippen LogP) is 2.45. The van der Waals surface area contributed by atoms with Crippen molar-refractivity contribution < 1.29 is 23.6 Å². The molecule has 0 bridgehead atoms. The molecule has 1 atom stereocenters. The van der Waals surface area contributed by atoms with Gasteiger partial charge < -0.3 is 14.6 Å². The molecule has 10 heteroatoms. The van der Waals surface area contributed by atoms with E-state index in [2.05, 4.69) is 20.8 Å². The maximum atomic E-state index is 12.3. The molecule has 150 valence electrons. The Labute approximate surface area is 166 Å². The van der Waals surface area contributed by atoms with Crippen LogP contribution in [-0.4, -0.2) is 40.7 Å². The number of aryl methyl sites for hydroxylation is 1. The van der Waals surface area contributed by atoms with Crippen molar-refractivity contribution in [3.05, 3.63) is 41.4 Å². The summed E-state index contributed by atoms with van der Waals surface area (Å²) in [7, 11) is 0. The molecule has 2 aromatic heterocycles.